The smallest absolute Gasteiger partial charge is 0.0763 e. The van der Waals surface area contributed by atoms with Gasteiger partial charge in [-0.15, -0.1) is 11.5 Å². The summed E-state index contributed by atoms with van der Waals surface area (Å²) in [4.78, 5) is 0. The van der Waals surface area contributed by atoms with Gasteiger partial charge in [-0.1, -0.05) is 11.5 Å². The van der Waals surface area contributed by atoms with Crippen molar-refractivity contribution < 1.29 is 60.1 Å². The van der Waals surface area contributed by atoms with Gasteiger partial charge in [0.1, 0.15) is 0 Å². The maximum atomic E-state index is 5.23. The van der Waals surface area contributed by atoms with Crippen LogP contribution in [0.5, 0.6) is 11.5 Å². The van der Waals surface area contributed by atoms with E-state index in [1.807, 2.05) is 30.3 Å². The van der Waals surface area contributed by atoms with Gasteiger partial charge in [-0.2, -0.15) is 12.1 Å². The molecule has 0 aliphatic carbocycles. The van der Waals surface area contributed by atoms with E-state index in [0.29, 0.717) is 0 Å². The molecule has 0 N–H and O–H groups in total. The number of rotatable bonds is 2. The predicted octanol–water partition coefficient (Wildman–Crippen LogP) is -3.42. The summed E-state index contributed by atoms with van der Waals surface area (Å²) in [5.41, 5.74) is 0. The number of ether oxygens (including phenoxy) is 2. The molecule has 0 spiro atoms. The van der Waals surface area contributed by atoms with Crippen LogP contribution in [0.4, 0.5) is 0 Å². The van der Waals surface area contributed by atoms with E-state index in [2.05, 4.69) is 0 Å². The Morgan fingerprint density at radius 2 is 1.50 bits per heavy atom. The first-order valence-electron chi connectivity index (χ1n) is 4.13. The first-order chi connectivity index (χ1) is 6.36. The molecular formula is C11H11Cl2HfO2-3. The fourth-order valence-corrected chi connectivity index (χ4v) is 1.54. The molecule has 2 aromatic rings. The summed E-state index contributed by atoms with van der Waals surface area (Å²) in [6.45, 7) is 0. The molecule has 0 saturated heterocycles. The van der Waals surface area contributed by atoms with Gasteiger partial charge in [-0.25, -0.2) is 0 Å². The van der Waals surface area contributed by atoms with Gasteiger partial charge in [-0.05, 0) is 6.07 Å². The number of fused-ring (bicyclic) bond motifs is 1. The minimum absolute atomic E-state index is 0. The van der Waals surface area contributed by atoms with Crippen molar-refractivity contribution in [2.24, 2.45) is 0 Å². The Kier molecular flexibility index (Phi) is 9.17. The van der Waals surface area contributed by atoms with Crippen molar-refractivity contribution in [3.05, 3.63) is 30.3 Å². The molecule has 0 aliphatic heterocycles. The monoisotopic (exact) mass is 425 g/mol. The van der Waals surface area contributed by atoms with Crippen LogP contribution in [0.15, 0.2) is 30.3 Å². The molecule has 5 heteroatoms. The first kappa shape index (κ1) is 18.3. The van der Waals surface area contributed by atoms with E-state index in [0.717, 1.165) is 22.3 Å². The average Bonchev–Trinajstić information content (AvgIpc) is 2.64. The number of benzene rings is 1. The van der Waals surface area contributed by atoms with Gasteiger partial charge < -0.3 is 34.3 Å². The molecule has 0 bridgehead atoms. The zero-order chi connectivity index (χ0) is 9.26. The van der Waals surface area contributed by atoms with Crippen molar-refractivity contribution >= 4 is 10.8 Å². The quantitative estimate of drug-likeness (QED) is 0.369. The third kappa shape index (κ3) is 3.19. The van der Waals surface area contributed by atoms with E-state index in [1.165, 1.54) is 0 Å². The molecule has 0 aliphatic rings. The summed E-state index contributed by atoms with van der Waals surface area (Å²) < 4.78 is 10.5. The summed E-state index contributed by atoms with van der Waals surface area (Å²) in [5, 5.41) is 2.20. The SMILES string of the molecule is COc1ccc(OC)c2[cH-]ccc12.[Cl-].[Cl-].[Hf]. The second kappa shape index (κ2) is 8.04. The van der Waals surface area contributed by atoms with Crippen molar-refractivity contribution in [2.75, 3.05) is 14.2 Å². The molecule has 2 rings (SSSR count). The van der Waals surface area contributed by atoms with Crippen LogP contribution in [-0.2, 0) is 25.8 Å². The van der Waals surface area contributed by atoms with Crippen molar-refractivity contribution in [3.8, 4) is 11.5 Å². The van der Waals surface area contributed by atoms with E-state index in [9.17, 15) is 0 Å². The molecular weight excluding hydrogens is 414 g/mol. The van der Waals surface area contributed by atoms with Crippen LogP contribution < -0.4 is 34.3 Å². The molecule has 0 saturated carbocycles. The number of hydrogen-bond donors (Lipinski definition) is 0. The van der Waals surface area contributed by atoms with Crippen LogP contribution in [0.25, 0.3) is 10.8 Å². The fourth-order valence-electron chi connectivity index (χ4n) is 1.54. The van der Waals surface area contributed by atoms with Crippen molar-refractivity contribution in [1.29, 1.82) is 0 Å². The minimum Gasteiger partial charge on any atom is -1.00 e. The Balaban J connectivity index is 0. The second-order valence-electron chi connectivity index (χ2n) is 2.82. The third-order valence-electron chi connectivity index (χ3n) is 2.17. The predicted molar refractivity (Wildman–Crippen MR) is 52.6 cm³/mol. The van der Waals surface area contributed by atoms with E-state index < -0.39 is 0 Å². The van der Waals surface area contributed by atoms with E-state index in [-0.39, 0.29) is 50.7 Å². The second-order valence-corrected chi connectivity index (χ2v) is 2.82. The maximum absolute atomic E-state index is 5.23. The van der Waals surface area contributed by atoms with Gasteiger partial charge in [0.2, 0.25) is 0 Å². The molecule has 2 nitrogen and oxygen atoms in total. The van der Waals surface area contributed by atoms with Crippen LogP contribution in [0.3, 0.4) is 0 Å². The van der Waals surface area contributed by atoms with Crippen LogP contribution >= 0.6 is 0 Å². The Morgan fingerprint density at radius 1 is 0.938 bits per heavy atom. The molecule has 88 valence electrons. The van der Waals surface area contributed by atoms with Crippen molar-refractivity contribution in [1.82, 2.24) is 0 Å². The van der Waals surface area contributed by atoms with E-state index in [1.54, 1.807) is 14.2 Å². The Hall–Kier alpha value is -0.120. The van der Waals surface area contributed by atoms with Crippen LogP contribution in [-0.4, -0.2) is 14.2 Å². The molecule has 2 aromatic carbocycles. The minimum atomic E-state index is 0. The summed E-state index contributed by atoms with van der Waals surface area (Å²) >= 11 is 0. The summed E-state index contributed by atoms with van der Waals surface area (Å²) in [6.07, 6.45) is 0. The van der Waals surface area contributed by atoms with E-state index in [4.69, 9.17) is 9.47 Å². The maximum Gasteiger partial charge on any atom is 0.0763 e. The first-order valence-corrected chi connectivity index (χ1v) is 4.13. The third-order valence-corrected chi connectivity index (χ3v) is 2.17. The molecule has 0 fully saturated rings. The van der Waals surface area contributed by atoms with E-state index >= 15 is 0 Å². The van der Waals surface area contributed by atoms with Crippen LogP contribution in [0.2, 0.25) is 0 Å². The van der Waals surface area contributed by atoms with Crippen LogP contribution in [0, 0.1) is 0 Å². The van der Waals surface area contributed by atoms with Gasteiger partial charge >= 0.3 is 0 Å². The molecule has 0 atom stereocenters. The number of hydrogen-bond acceptors (Lipinski definition) is 2. The molecule has 16 heavy (non-hydrogen) atoms. The van der Waals surface area contributed by atoms with Crippen molar-refractivity contribution in [3.63, 3.8) is 0 Å². The number of methoxy groups -OCH3 is 2. The molecule has 0 heterocycles. The standard InChI is InChI=1S/C11H11O2.2ClH.Hf/c1-12-10-6-7-11(13-2)9-5-3-4-8(9)10;;;/h3-7H,1-2H3;2*1H;/q-1;;;/p-2. The molecule has 0 amide bonds. The van der Waals surface area contributed by atoms with Crippen LogP contribution in [0.1, 0.15) is 0 Å². The summed E-state index contributed by atoms with van der Waals surface area (Å²) in [6, 6.07) is 9.88. The zero-order valence-electron chi connectivity index (χ0n) is 8.96. The van der Waals surface area contributed by atoms with Gasteiger partial charge in [0.25, 0.3) is 0 Å². The fraction of sp³-hybridized carbons (Fsp3) is 0.182. The van der Waals surface area contributed by atoms with Crippen molar-refractivity contribution in [2.45, 2.75) is 0 Å². The normalized spacial score (nSPS) is 8.38. The Labute approximate surface area is 126 Å². The molecule has 0 unspecified atom stereocenters. The molecule has 0 radical (unpaired) electrons. The topological polar surface area (TPSA) is 18.5 Å². The van der Waals surface area contributed by atoms with Gasteiger partial charge in [0.05, 0.1) is 20.0 Å². The van der Waals surface area contributed by atoms with Gasteiger partial charge in [0.15, 0.2) is 0 Å². The zero-order valence-corrected chi connectivity index (χ0v) is 14.1. The van der Waals surface area contributed by atoms with Gasteiger partial charge in [0, 0.05) is 31.6 Å². The number of halogens is 2. The average molecular weight is 425 g/mol. The van der Waals surface area contributed by atoms with Gasteiger partial charge in [-0.3, -0.25) is 0 Å². The largest absolute Gasteiger partial charge is 1.00 e. The summed E-state index contributed by atoms with van der Waals surface area (Å²) in [5.74, 6) is 1.78. The Bertz CT molecular complexity index is 391. The molecule has 0 aromatic heterocycles. The summed E-state index contributed by atoms with van der Waals surface area (Å²) in [7, 11) is 3.35. The Morgan fingerprint density at radius 3 is 2.06 bits per heavy atom.